The number of hydrogen-bond donors (Lipinski definition) is 0. The maximum Gasteiger partial charge on any atom is 0.501 e. The molecule has 3 atom stereocenters. The van der Waals surface area contributed by atoms with E-state index in [9.17, 15) is 34.8 Å². The summed E-state index contributed by atoms with van der Waals surface area (Å²) in [6, 6.07) is 35.3. The number of hydrogen-bond acceptors (Lipinski definition) is 10. The number of thioether (sulfide) groups is 1. The number of carbonyl (C=O) groups is 1. The van der Waals surface area contributed by atoms with Crippen molar-refractivity contribution in [2.24, 2.45) is 11.8 Å². The van der Waals surface area contributed by atoms with Gasteiger partial charge >= 0.3 is 5.51 Å². The van der Waals surface area contributed by atoms with Crippen molar-refractivity contribution in [3.8, 4) is 11.1 Å². The average molecular weight is 1100 g/mol. The second-order valence-electron chi connectivity index (χ2n) is 20.8. The molecule has 5 aromatic rings. The van der Waals surface area contributed by atoms with E-state index in [1.807, 2.05) is 67.6 Å². The Kier molecular flexibility index (Phi) is 18.6. The van der Waals surface area contributed by atoms with Gasteiger partial charge in [0.15, 0.2) is 23.9 Å². The number of morpholine rings is 1. The van der Waals surface area contributed by atoms with Crippen LogP contribution in [0, 0.1) is 11.8 Å². The lowest BCUT2D eigenvalue weighted by atomic mass is 9.84. The van der Waals surface area contributed by atoms with Gasteiger partial charge in [-0.1, -0.05) is 100.0 Å². The molecular formula is C56H68ClF3N2O7S3Si. The van der Waals surface area contributed by atoms with Crippen LogP contribution in [0.1, 0.15) is 81.0 Å². The molecule has 0 amide bonds. The highest BCUT2D eigenvalue weighted by Crippen LogP contribution is 2.46. The number of rotatable bonds is 20. The predicted molar refractivity (Wildman–Crippen MR) is 291 cm³/mol. The van der Waals surface area contributed by atoms with Gasteiger partial charge in [0.25, 0.3) is 9.84 Å². The molecule has 2 heterocycles. The highest BCUT2D eigenvalue weighted by Gasteiger charge is 2.48. The Bertz CT molecular complexity index is 2880. The van der Waals surface area contributed by atoms with E-state index in [0.29, 0.717) is 56.0 Å². The minimum atomic E-state index is -5.99. The summed E-state index contributed by atoms with van der Waals surface area (Å²) in [5, 5.41) is 0.650. The number of sulfone groups is 2. The summed E-state index contributed by atoms with van der Waals surface area (Å²) in [7, 11) is -12.8. The van der Waals surface area contributed by atoms with Gasteiger partial charge in [-0.2, -0.15) is 13.2 Å². The van der Waals surface area contributed by atoms with Crippen LogP contribution < -0.4 is 4.90 Å². The van der Waals surface area contributed by atoms with Gasteiger partial charge in [0.05, 0.1) is 28.6 Å². The summed E-state index contributed by atoms with van der Waals surface area (Å²) in [5.41, 5.74) is -1.55. The number of ether oxygens (including phenoxy) is 1. The Morgan fingerprint density at radius 3 is 2.16 bits per heavy atom. The van der Waals surface area contributed by atoms with Gasteiger partial charge in [-0.25, -0.2) is 16.8 Å². The van der Waals surface area contributed by atoms with Gasteiger partial charge in [-0.05, 0) is 152 Å². The molecule has 0 unspecified atom stereocenters. The van der Waals surface area contributed by atoms with E-state index in [1.165, 1.54) is 11.8 Å². The molecule has 2 saturated heterocycles. The van der Waals surface area contributed by atoms with Crippen LogP contribution in [-0.2, 0) is 35.3 Å². The maximum absolute atomic E-state index is 14.4. The highest BCUT2D eigenvalue weighted by molar-refractivity contribution is 7.99. The topological polar surface area (TPSA) is 110 Å². The zero-order valence-electron chi connectivity index (χ0n) is 42.5. The van der Waals surface area contributed by atoms with Crippen LogP contribution in [0.2, 0.25) is 23.2 Å². The van der Waals surface area contributed by atoms with Crippen LogP contribution in [0.15, 0.2) is 136 Å². The second kappa shape index (κ2) is 23.9. The normalized spacial score (nSPS) is 17.6. The predicted octanol–water partition coefficient (Wildman–Crippen LogP) is 13.4. The van der Waals surface area contributed by atoms with Gasteiger partial charge in [0.2, 0.25) is 0 Å². The summed E-state index contributed by atoms with van der Waals surface area (Å²) >= 11 is 7.80. The number of nitrogens with zero attached hydrogens (tertiary/aromatic N) is 2. The van der Waals surface area contributed by atoms with Crippen molar-refractivity contribution in [1.82, 2.24) is 4.90 Å². The Balaban J connectivity index is 1.06. The second-order valence-corrected chi connectivity index (χ2v) is 31.0. The lowest BCUT2D eigenvalue weighted by Crippen LogP contribution is -2.45. The number of piperidine rings is 1. The van der Waals surface area contributed by atoms with E-state index in [-0.39, 0.29) is 46.6 Å². The number of anilines is 1. The lowest BCUT2D eigenvalue weighted by molar-refractivity contribution is -0.0436. The van der Waals surface area contributed by atoms with Crippen molar-refractivity contribution in [3.05, 3.63) is 143 Å². The van der Waals surface area contributed by atoms with Crippen LogP contribution in [-0.4, -0.2) is 98.3 Å². The Morgan fingerprint density at radius 1 is 0.863 bits per heavy atom. The molecule has 73 heavy (non-hydrogen) atoms. The minimum absolute atomic E-state index is 0.0184. The van der Waals surface area contributed by atoms with Gasteiger partial charge in [0.1, 0.15) is 5.75 Å². The standard InChI is InChI=1S/C56H68ClF3N2O7S3Si/c1-7-47-37-61(33-34-68-47)30-27-40(38-70-48-13-9-8-10-14-48)35-44-21-26-49(36-53(44)72(66,67)56(58,59)60)71(64,65)39-52(63)42-19-24-46(25-20-42)62-31-28-43(29-32-62)54(69-73(5,6)55(2,3)4)51-16-12-11-15-50(51)41-17-22-45(57)23-18-41/h8-26,36,40,43,47,54H,7,27-35,37-39H2,1-6H3/t40-,47-,54+/m0/s1. The minimum Gasteiger partial charge on any atom is -0.410 e. The van der Waals surface area contributed by atoms with Crippen molar-refractivity contribution >= 4 is 62.8 Å². The molecule has 5 aromatic carbocycles. The molecule has 0 N–H and O–H groups in total. The fourth-order valence-electron chi connectivity index (χ4n) is 9.36. The quantitative estimate of drug-likeness (QED) is 0.0424. The van der Waals surface area contributed by atoms with Crippen molar-refractivity contribution in [2.75, 3.05) is 55.7 Å². The molecule has 9 nitrogen and oxygen atoms in total. The number of halogens is 4. The molecule has 0 radical (unpaired) electrons. The van der Waals surface area contributed by atoms with Crippen molar-refractivity contribution in [3.63, 3.8) is 0 Å². The third-order valence-electron chi connectivity index (χ3n) is 14.8. The maximum atomic E-state index is 14.4. The molecule has 2 aliphatic heterocycles. The molecule has 0 spiro atoms. The molecule has 394 valence electrons. The fourth-order valence-corrected chi connectivity index (χ4v) is 14.2. The number of ketones is 1. The third-order valence-corrected chi connectivity index (χ3v) is 23.9. The molecule has 17 heteroatoms. The molecular weight excluding hydrogens is 1030 g/mol. The van der Waals surface area contributed by atoms with Gasteiger partial charge in [-0.3, -0.25) is 9.69 Å². The van der Waals surface area contributed by atoms with E-state index in [4.69, 9.17) is 20.8 Å². The van der Waals surface area contributed by atoms with Crippen LogP contribution >= 0.6 is 23.4 Å². The van der Waals surface area contributed by atoms with E-state index in [1.54, 1.807) is 24.3 Å². The smallest absolute Gasteiger partial charge is 0.410 e. The summed E-state index contributed by atoms with van der Waals surface area (Å²) < 4.78 is 111. The lowest BCUT2D eigenvalue weighted by Gasteiger charge is -2.44. The molecule has 0 aliphatic carbocycles. The zero-order valence-corrected chi connectivity index (χ0v) is 46.7. The van der Waals surface area contributed by atoms with Crippen LogP contribution in [0.5, 0.6) is 0 Å². The van der Waals surface area contributed by atoms with Crippen LogP contribution in [0.3, 0.4) is 0 Å². The highest BCUT2D eigenvalue weighted by atomic mass is 35.5. The average Bonchev–Trinajstić information content (AvgIpc) is 3.36. The van der Waals surface area contributed by atoms with Crippen molar-refractivity contribution in [1.29, 1.82) is 0 Å². The third kappa shape index (κ3) is 14.3. The van der Waals surface area contributed by atoms with Gasteiger partial charge in [0, 0.05) is 53.1 Å². The molecule has 0 aromatic heterocycles. The first-order chi connectivity index (χ1) is 34.5. The molecule has 7 rings (SSSR count). The molecule has 2 aliphatic rings. The first-order valence-electron chi connectivity index (χ1n) is 25.1. The number of benzene rings is 5. The SMILES string of the molecule is CC[C@H]1CN(CC[C@H](CSc2ccccc2)Cc2ccc(S(=O)(=O)CC(=O)c3ccc(N4CCC([C@@H](O[Si](C)(C)C(C)(C)C)c5ccccc5-c5ccc(Cl)cc5)CC4)cc3)cc2S(=O)(=O)C(F)(F)F)CCO1. The number of alkyl halides is 3. The summed E-state index contributed by atoms with van der Waals surface area (Å²) in [5.74, 6) is -1.42. The van der Waals surface area contributed by atoms with E-state index in [2.05, 4.69) is 61.9 Å². The first kappa shape index (κ1) is 56.7. The number of Topliss-reactive ketones (excluding diaryl/α,β-unsaturated/α-hetero) is 1. The summed E-state index contributed by atoms with van der Waals surface area (Å²) in [6.45, 7) is 17.4. The first-order valence-corrected chi connectivity index (χ1v) is 32.5. The van der Waals surface area contributed by atoms with Crippen LogP contribution in [0.25, 0.3) is 11.1 Å². The monoisotopic (exact) mass is 1100 g/mol. The Hall–Kier alpha value is -4.00. The zero-order chi connectivity index (χ0) is 52.8. The largest absolute Gasteiger partial charge is 0.501 e. The van der Waals surface area contributed by atoms with Gasteiger partial charge in [-0.15, -0.1) is 11.8 Å². The van der Waals surface area contributed by atoms with E-state index < -0.39 is 54.8 Å². The van der Waals surface area contributed by atoms with E-state index >= 15 is 0 Å². The number of carbonyl (C=O) groups excluding carboxylic acids is 1. The fraction of sp³-hybridized carbons (Fsp3) is 0.446. The molecule has 0 saturated carbocycles. The molecule has 0 bridgehead atoms. The Morgan fingerprint density at radius 2 is 1.52 bits per heavy atom. The van der Waals surface area contributed by atoms with Crippen molar-refractivity contribution < 1.29 is 44.0 Å². The summed E-state index contributed by atoms with van der Waals surface area (Å²) in [6.07, 6.45) is 2.94. The summed E-state index contributed by atoms with van der Waals surface area (Å²) in [4.78, 5) is 17.3. The van der Waals surface area contributed by atoms with Crippen molar-refractivity contribution in [2.45, 2.75) is 110 Å². The van der Waals surface area contributed by atoms with Crippen LogP contribution in [0.4, 0.5) is 18.9 Å². The van der Waals surface area contributed by atoms with E-state index in [0.717, 1.165) is 65.2 Å². The van der Waals surface area contributed by atoms with Gasteiger partial charge < -0.3 is 14.1 Å². The Labute approximate surface area is 441 Å². The molecule has 2 fully saturated rings.